The number of rotatable bonds is 8. The summed E-state index contributed by atoms with van der Waals surface area (Å²) in [6, 6.07) is 13.5. The summed E-state index contributed by atoms with van der Waals surface area (Å²) in [6.45, 7) is 0.618. The van der Waals surface area contributed by atoms with Gasteiger partial charge in [0.1, 0.15) is 0 Å². The van der Waals surface area contributed by atoms with Crippen molar-refractivity contribution in [1.82, 2.24) is 5.32 Å². The number of thioether (sulfide) groups is 1. The summed E-state index contributed by atoms with van der Waals surface area (Å²) in [7, 11) is -2.14. The molecule has 0 unspecified atom stereocenters. The zero-order chi connectivity index (χ0) is 21.6. The van der Waals surface area contributed by atoms with Crippen molar-refractivity contribution in [3.05, 3.63) is 65.7 Å². The Hall–Kier alpha value is -2.25. The number of nitrogens with zero attached hydrogens (tertiary/aromatic N) is 1. The van der Waals surface area contributed by atoms with Crippen molar-refractivity contribution in [1.29, 1.82) is 0 Å². The number of amides is 1. The molecule has 0 aliphatic heterocycles. The third-order valence-electron chi connectivity index (χ3n) is 5.33. The molecule has 0 fully saturated rings. The highest BCUT2D eigenvalue weighted by molar-refractivity contribution is 7.98. The lowest BCUT2D eigenvalue weighted by Gasteiger charge is -2.20. The van der Waals surface area contributed by atoms with E-state index in [9.17, 15) is 13.2 Å². The predicted molar refractivity (Wildman–Crippen MR) is 124 cm³/mol. The first-order valence-corrected chi connectivity index (χ1v) is 12.8. The van der Waals surface area contributed by atoms with Crippen LogP contribution in [0.25, 0.3) is 0 Å². The van der Waals surface area contributed by atoms with Gasteiger partial charge in [-0.2, -0.15) is 0 Å². The standard InChI is InChI=1S/C23H28N2O3S2/c1-25(30(27,28)22-14-12-21(29-2)13-15-22)20-10-8-19(9-11-20)23(26)24-17-16-18-6-4-3-5-7-18/h6,8-15H,3-5,7,16-17H2,1-2H3,(H,24,26). The Morgan fingerprint density at radius 2 is 1.77 bits per heavy atom. The van der Waals surface area contributed by atoms with E-state index in [4.69, 9.17) is 0 Å². The van der Waals surface area contributed by atoms with E-state index in [1.807, 2.05) is 6.26 Å². The number of anilines is 1. The molecule has 3 rings (SSSR count). The van der Waals surface area contributed by atoms with Gasteiger partial charge in [0.25, 0.3) is 15.9 Å². The molecule has 160 valence electrons. The van der Waals surface area contributed by atoms with Gasteiger partial charge in [0, 0.05) is 24.1 Å². The van der Waals surface area contributed by atoms with Crippen molar-refractivity contribution in [3.8, 4) is 0 Å². The molecule has 0 saturated carbocycles. The molecule has 0 atom stereocenters. The summed E-state index contributed by atoms with van der Waals surface area (Å²) in [4.78, 5) is 13.6. The van der Waals surface area contributed by atoms with Gasteiger partial charge in [-0.1, -0.05) is 11.6 Å². The minimum Gasteiger partial charge on any atom is -0.352 e. The number of carbonyl (C=O) groups excluding carboxylic acids is 1. The summed E-state index contributed by atoms with van der Waals surface area (Å²) in [6.07, 6.45) is 9.89. The zero-order valence-electron chi connectivity index (χ0n) is 17.4. The van der Waals surface area contributed by atoms with Gasteiger partial charge in [0.2, 0.25) is 0 Å². The normalized spacial score (nSPS) is 14.1. The van der Waals surface area contributed by atoms with Gasteiger partial charge in [-0.05, 0) is 86.9 Å². The monoisotopic (exact) mass is 444 g/mol. The Morgan fingerprint density at radius 1 is 1.07 bits per heavy atom. The second kappa shape index (κ2) is 10.2. The van der Waals surface area contributed by atoms with E-state index in [1.165, 1.54) is 29.8 Å². The topological polar surface area (TPSA) is 66.5 Å². The Balaban J connectivity index is 1.62. The molecule has 2 aromatic rings. The van der Waals surface area contributed by atoms with Gasteiger partial charge >= 0.3 is 0 Å². The minimum absolute atomic E-state index is 0.142. The first-order chi connectivity index (χ1) is 14.4. The van der Waals surface area contributed by atoms with Crippen LogP contribution in [-0.2, 0) is 10.0 Å². The van der Waals surface area contributed by atoms with Crippen LogP contribution in [0.2, 0.25) is 0 Å². The third-order valence-corrected chi connectivity index (χ3v) is 7.87. The van der Waals surface area contributed by atoms with E-state index in [-0.39, 0.29) is 10.8 Å². The molecule has 0 heterocycles. The van der Waals surface area contributed by atoms with Crippen LogP contribution >= 0.6 is 11.8 Å². The Bertz CT molecular complexity index is 998. The van der Waals surface area contributed by atoms with Gasteiger partial charge in [-0.3, -0.25) is 9.10 Å². The molecule has 1 aliphatic rings. The van der Waals surface area contributed by atoms with E-state index >= 15 is 0 Å². The molecular formula is C23H28N2O3S2. The maximum atomic E-state index is 12.9. The highest BCUT2D eigenvalue weighted by atomic mass is 32.2. The predicted octanol–water partition coefficient (Wildman–Crippen LogP) is 4.85. The van der Waals surface area contributed by atoms with Crippen molar-refractivity contribution >= 4 is 33.4 Å². The number of allylic oxidation sites excluding steroid dienone is 1. The second-order valence-electron chi connectivity index (χ2n) is 7.31. The summed E-state index contributed by atoms with van der Waals surface area (Å²) in [5.41, 5.74) is 2.45. The number of carbonyl (C=O) groups is 1. The number of hydrogen-bond donors (Lipinski definition) is 1. The van der Waals surface area contributed by atoms with Crippen molar-refractivity contribution < 1.29 is 13.2 Å². The second-order valence-corrected chi connectivity index (χ2v) is 10.2. The van der Waals surface area contributed by atoms with Crippen LogP contribution in [0.5, 0.6) is 0 Å². The smallest absolute Gasteiger partial charge is 0.264 e. The SMILES string of the molecule is CSc1ccc(S(=O)(=O)N(C)c2ccc(C(=O)NCCC3=CCCCC3)cc2)cc1. The molecule has 7 heteroatoms. The van der Waals surface area contributed by atoms with Crippen LogP contribution in [0, 0.1) is 0 Å². The molecule has 5 nitrogen and oxygen atoms in total. The van der Waals surface area contributed by atoms with Crippen LogP contribution in [0.3, 0.4) is 0 Å². The summed E-state index contributed by atoms with van der Waals surface area (Å²) in [5, 5.41) is 2.95. The average Bonchev–Trinajstić information content (AvgIpc) is 2.79. The minimum atomic E-state index is -3.66. The number of nitrogens with one attached hydrogen (secondary N) is 1. The molecule has 1 N–H and O–H groups in total. The Morgan fingerprint density at radius 3 is 2.37 bits per heavy atom. The van der Waals surface area contributed by atoms with Crippen LogP contribution in [0.1, 0.15) is 42.5 Å². The number of sulfonamides is 1. The Kier molecular flexibility index (Phi) is 7.61. The van der Waals surface area contributed by atoms with Gasteiger partial charge in [-0.25, -0.2) is 8.42 Å². The van der Waals surface area contributed by atoms with Crippen LogP contribution < -0.4 is 9.62 Å². The van der Waals surface area contributed by atoms with Gasteiger partial charge in [-0.15, -0.1) is 11.8 Å². The largest absolute Gasteiger partial charge is 0.352 e. The van der Waals surface area contributed by atoms with Crippen molar-refractivity contribution in [2.75, 3.05) is 24.2 Å². The first kappa shape index (κ1) is 22.4. The highest BCUT2D eigenvalue weighted by Crippen LogP contribution is 2.24. The first-order valence-electron chi connectivity index (χ1n) is 10.1. The molecule has 0 spiro atoms. The fraction of sp³-hybridized carbons (Fsp3) is 0.348. The lowest BCUT2D eigenvalue weighted by atomic mass is 9.97. The lowest BCUT2D eigenvalue weighted by Crippen LogP contribution is -2.27. The van der Waals surface area contributed by atoms with Crippen LogP contribution in [0.15, 0.2) is 70.0 Å². The molecule has 0 saturated heterocycles. The maximum Gasteiger partial charge on any atom is 0.264 e. The third kappa shape index (κ3) is 5.46. The van der Waals surface area contributed by atoms with Crippen molar-refractivity contribution in [2.24, 2.45) is 0 Å². The molecule has 0 bridgehead atoms. The molecule has 0 radical (unpaired) electrons. The Labute approximate surface area is 183 Å². The lowest BCUT2D eigenvalue weighted by molar-refractivity contribution is 0.0954. The van der Waals surface area contributed by atoms with Crippen molar-refractivity contribution in [2.45, 2.75) is 41.9 Å². The number of benzene rings is 2. The van der Waals surface area contributed by atoms with E-state index in [0.29, 0.717) is 17.8 Å². The van der Waals surface area contributed by atoms with Crippen LogP contribution in [-0.4, -0.2) is 34.2 Å². The fourth-order valence-corrected chi connectivity index (χ4v) is 5.04. The van der Waals surface area contributed by atoms with Crippen molar-refractivity contribution in [3.63, 3.8) is 0 Å². The van der Waals surface area contributed by atoms with E-state index in [1.54, 1.807) is 60.3 Å². The summed E-state index contributed by atoms with van der Waals surface area (Å²) < 4.78 is 27.0. The van der Waals surface area contributed by atoms with E-state index in [0.717, 1.165) is 24.2 Å². The molecule has 1 aliphatic carbocycles. The maximum absolute atomic E-state index is 12.9. The van der Waals surface area contributed by atoms with E-state index < -0.39 is 10.0 Å². The molecule has 30 heavy (non-hydrogen) atoms. The quantitative estimate of drug-likeness (QED) is 0.467. The van der Waals surface area contributed by atoms with E-state index in [2.05, 4.69) is 11.4 Å². The molecule has 1 amide bonds. The summed E-state index contributed by atoms with van der Waals surface area (Å²) >= 11 is 1.56. The van der Waals surface area contributed by atoms with Gasteiger partial charge < -0.3 is 5.32 Å². The summed E-state index contributed by atoms with van der Waals surface area (Å²) in [5.74, 6) is -0.142. The van der Waals surface area contributed by atoms with Gasteiger partial charge in [0.15, 0.2) is 0 Å². The fourth-order valence-electron chi connectivity index (χ4n) is 3.44. The zero-order valence-corrected chi connectivity index (χ0v) is 19.1. The van der Waals surface area contributed by atoms with Gasteiger partial charge in [0.05, 0.1) is 10.6 Å². The average molecular weight is 445 g/mol. The number of hydrogen-bond acceptors (Lipinski definition) is 4. The highest BCUT2D eigenvalue weighted by Gasteiger charge is 2.21. The molecule has 2 aromatic carbocycles. The molecule has 0 aromatic heterocycles. The van der Waals surface area contributed by atoms with Crippen LogP contribution in [0.4, 0.5) is 5.69 Å². The molecular weight excluding hydrogens is 416 g/mol.